The first-order valence-electron chi connectivity index (χ1n) is 8.86. The zero-order chi connectivity index (χ0) is 16.5. The Kier molecular flexibility index (Phi) is 10.5. The number of nitrogens with two attached hydrogens (primary N) is 1. The number of fused-ring (bicyclic) bond motifs is 1. The molecule has 6 nitrogen and oxygen atoms in total. The van der Waals surface area contributed by atoms with Crippen molar-refractivity contribution >= 4 is 36.1 Å². The van der Waals surface area contributed by atoms with Gasteiger partial charge in [-0.3, -0.25) is 4.79 Å². The summed E-state index contributed by atoms with van der Waals surface area (Å²) in [7, 11) is 0. The normalized spacial score (nSPS) is 24.7. The SMILES string of the molecule is Cl.NCCCCCCNC(=O)CCCC[C@@H]1SC[C@@H]2NC(=O)N[C@@H]21. The lowest BCUT2D eigenvalue weighted by molar-refractivity contribution is -0.121. The second-order valence-corrected chi connectivity index (χ2v) is 7.69. The molecule has 0 bridgehead atoms. The summed E-state index contributed by atoms with van der Waals surface area (Å²) in [6.07, 6.45) is 8.05. The van der Waals surface area contributed by atoms with Crippen molar-refractivity contribution in [3.8, 4) is 0 Å². The quantitative estimate of drug-likeness (QED) is 0.325. The number of unbranched alkanes of at least 4 members (excludes halogenated alkanes) is 4. The highest BCUT2D eigenvalue weighted by atomic mass is 35.5. The van der Waals surface area contributed by atoms with Gasteiger partial charge in [-0.2, -0.15) is 11.8 Å². The van der Waals surface area contributed by atoms with Gasteiger partial charge in [0.05, 0.1) is 12.1 Å². The molecule has 3 atom stereocenters. The van der Waals surface area contributed by atoms with Crippen LogP contribution in [0.5, 0.6) is 0 Å². The number of hydrogen-bond donors (Lipinski definition) is 4. The molecule has 0 saturated carbocycles. The fourth-order valence-electron chi connectivity index (χ4n) is 3.21. The minimum Gasteiger partial charge on any atom is -0.356 e. The summed E-state index contributed by atoms with van der Waals surface area (Å²) in [6.45, 7) is 1.54. The molecule has 2 aliphatic rings. The molecule has 140 valence electrons. The topological polar surface area (TPSA) is 96.2 Å². The van der Waals surface area contributed by atoms with Crippen LogP contribution in [-0.4, -0.2) is 48.1 Å². The number of carbonyl (C=O) groups is 2. The lowest BCUT2D eigenvalue weighted by Gasteiger charge is -2.16. The summed E-state index contributed by atoms with van der Waals surface area (Å²) in [5, 5.41) is 9.44. The molecule has 2 heterocycles. The number of urea groups is 1. The maximum atomic E-state index is 11.8. The third-order valence-corrected chi connectivity index (χ3v) is 6.04. The Bertz CT molecular complexity index is 400. The molecule has 0 aromatic carbocycles. The standard InChI is InChI=1S/C16H30N4O2S.ClH/c17-9-5-1-2-6-10-18-14(21)8-4-3-7-13-15-12(11-23-13)19-16(22)20-15;/h12-13,15H,1-11,17H2,(H,18,21)(H2,19,20,22);1H/t12-,13-,15-;/m0./s1. The molecule has 0 radical (unpaired) electrons. The van der Waals surface area contributed by atoms with Gasteiger partial charge in [-0.15, -0.1) is 12.4 Å². The molecular formula is C16H31ClN4O2S. The Labute approximate surface area is 155 Å². The third-order valence-electron chi connectivity index (χ3n) is 4.53. The Morgan fingerprint density at radius 2 is 1.96 bits per heavy atom. The molecule has 2 rings (SSSR count). The lowest BCUT2D eigenvalue weighted by atomic mass is 10.0. The van der Waals surface area contributed by atoms with Gasteiger partial charge in [-0.1, -0.05) is 19.3 Å². The van der Waals surface area contributed by atoms with E-state index in [4.69, 9.17) is 5.73 Å². The minimum absolute atomic E-state index is 0. The Morgan fingerprint density at radius 3 is 2.75 bits per heavy atom. The molecule has 0 aliphatic carbocycles. The highest BCUT2D eigenvalue weighted by Gasteiger charge is 2.42. The zero-order valence-electron chi connectivity index (χ0n) is 14.2. The number of rotatable bonds is 11. The highest BCUT2D eigenvalue weighted by Crippen LogP contribution is 2.33. The van der Waals surface area contributed by atoms with E-state index in [2.05, 4.69) is 16.0 Å². The summed E-state index contributed by atoms with van der Waals surface area (Å²) in [5.41, 5.74) is 5.44. The molecule has 0 aromatic rings. The van der Waals surface area contributed by atoms with E-state index in [1.807, 2.05) is 11.8 Å². The summed E-state index contributed by atoms with van der Waals surface area (Å²) < 4.78 is 0. The second kappa shape index (κ2) is 11.8. The van der Waals surface area contributed by atoms with Crippen LogP contribution in [0.1, 0.15) is 51.4 Å². The average Bonchev–Trinajstić information content (AvgIpc) is 3.07. The maximum absolute atomic E-state index is 11.8. The van der Waals surface area contributed by atoms with Gasteiger partial charge in [0.1, 0.15) is 0 Å². The van der Waals surface area contributed by atoms with E-state index in [0.717, 1.165) is 63.8 Å². The van der Waals surface area contributed by atoms with E-state index < -0.39 is 0 Å². The minimum atomic E-state index is -0.0314. The third kappa shape index (κ3) is 7.07. The van der Waals surface area contributed by atoms with Gasteiger partial charge in [0, 0.05) is 24.0 Å². The van der Waals surface area contributed by atoms with Crippen LogP contribution in [0.2, 0.25) is 0 Å². The van der Waals surface area contributed by atoms with Gasteiger partial charge in [0.25, 0.3) is 0 Å². The molecule has 24 heavy (non-hydrogen) atoms. The molecule has 8 heteroatoms. The van der Waals surface area contributed by atoms with Gasteiger partial charge in [0.2, 0.25) is 5.91 Å². The lowest BCUT2D eigenvalue weighted by Crippen LogP contribution is -2.36. The van der Waals surface area contributed by atoms with Crippen molar-refractivity contribution in [1.82, 2.24) is 16.0 Å². The first-order valence-corrected chi connectivity index (χ1v) is 9.91. The fourth-order valence-corrected chi connectivity index (χ4v) is 4.76. The molecular weight excluding hydrogens is 348 g/mol. The first-order chi connectivity index (χ1) is 11.2. The van der Waals surface area contributed by atoms with Gasteiger partial charge in [-0.25, -0.2) is 4.79 Å². The van der Waals surface area contributed by atoms with Crippen LogP contribution < -0.4 is 21.7 Å². The Morgan fingerprint density at radius 1 is 1.17 bits per heavy atom. The summed E-state index contributed by atoms with van der Waals surface area (Å²) >= 11 is 1.93. The number of hydrogen-bond acceptors (Lipinski definition) is 4. The average molecular weight is 379 g/mol. The largest absolute Gasteiger partial charge is 0.356 e. The van der Waals surface area contributed by atoms with Crippen molar-refractivity contribution in [3.63, 3.8) is 0 Å². The Balaban J connectivity index is 0.00000288. The molecule has 0 unspecified atom stereocenters. The molecule has 5 N–H and O–H groups in total. The number of nitrogens with one attached hydrogen (secondary N) is 3. The number of thioether (sulfide) groups is 1. The van der Waals surface area contributed by atoms with Crippen molar-refractivity contribution in [2.24, 2.45) is 5.73 Å². The molecule has 2 aliphatic heterocycles. The smallest absolute Gasteiger partial charge is 0.315 e. The summed E-state index contributed by atoms with van der Waals surface area (Å²) in [6, 6.07) is 0.533. The van der Waals surface area contributed by atoms with Crippen molar-refractivity contribution < 1.29 is 9.59 Å². The van der Waals surface area contributed by atoms with Crippen LogP contribution >= 0.6 is 24.2 Å². The van der Waals surface area contributed by atoms with Crippen LogP contribution in [0.25, 0.3) is 0 Å². The highest BCUT2D eigenvalue weighted by molar-refractivity contribution is 8.00. The number of amides is 3. The van der Waals surface area contributed by atoms with E-state index in [9.17, 15) is 9.59 Å². The van der Waals surface area contributed by atoms with E-state index in [-0.39, 0.29) is 30.4 Å². The second-order valence-electron chi connectivity index (χ2n) is 6.42. The monoisotopic (exact) mass is 378 g/mol. The van der Waals surface area contributed by atoms with E-state index in [1.165, 1.54) is 0 Å². The van der Waals surface area contributed by atoms with Crippen LogP contribution in [0.3, 0.4) is 0 Å². The van der Waals surface area contributed by atoms with Crippen LogP contribution in [0.4, 0.5) is 4.79 Å². The van der Waals surface area contributed by atoms with Crippen LogP contribution in [-0.2, 0) is 4.79 Å². The van der Waals surface area contributed by atoms with Crippen LogP contribution in [0.15, 0.2) is 0 Å². The molecule has 0 aromatic heterocycles. The predicted octanol–water partition coefficient (Wildman–Crippen LogP) is 1.77. The number of halogens is 1. The van der Waals surface area contributed by atoms with E-state index >= 15 is 0 Å². The zero-order valence-corrected chi connectivity index (χ0v) is 15.9. The summed E-state index contributed by atoms with van der Waals surface area (Å²) in [5.74, 6) is 1.16. The summed E-state index contributed by atoms with van der Waals surface area (Å²) in [4.78, 5) is 23.1. The molecule has 2 saturated heterocycles. The van der Waals surface area contributed by atoms with Gasteiger partial charge >= 0.3 is 6.03 Å². The van der Waals surface area contributed by atoms with Gasteiger partial charge in [0.15, 0.2) is 0 Å². The van der Waals surface area contributed by atoms with Crippen molar-refractivity contribution in [2.45, 2.75) is 68.7 Å². The number of carbonyl (C=O) groups excluding carboxylic acids is 2. The Hall–Kier alpha value is -0.660. The molecule has 3 amide bonds. The molecule has 0 spiro atoms. The first kappa shape index (κ1) is 21.4. The predicted molar refractivity (Wildman–Crippen MR) is 102 cm³/mol. The van der Waals surface area contributed by atoms with Crippen molar-refractivity contribution in [3.05, 3.63) is 0 Å². The molecule has 2 fully saturated rings. The van der Waals surface area contributed by atoms with Crippen LogP contribution in [0, 0.1) is 0 Å². The van der Waals surface area contributed by atoms with Crippen molar-refractivity contribution in [1.29, 1.82) is 0 Å². The van der Waals surface area contributed by atoms with Gasteiger partial charge in [-0.05, 0) is 32.2 Å². The van der Waals surface area contributed by atoms with Crippen molar-refractivity contribution in [2.75, 3.05) is 18.8 Å². The fraction of sp³-hybridized carbons (Fsp3) is 0.875. The van der Waals surface area contributed by atoms with E-state index in [0.29, 0.717) is 17.7 Å². The maximum Gasteiger partial charge on any atom is 0.315 e. The van der Waals surface area contributed by atoms with E-state index in [1.54, 1.807) is 0 Å². The van der Waals surface area contributed by atoms with Gasteiger partial charge < -0.3 is 21.7 Å².